The van der Waals surface area contributed by atoms with Gasteiger partial charge in [0.1, 0.15) is 0 Å². The zero-order valence-corrected chi connectivity index (χ0v) is 12.0. The topological polar surface area (TPSA) is 40.6 Å². The van der Waals surface area contributed by atoms with Gasteiger partial charge in [0.25, 0.3) is 0 Å². The summed E-state index contributed by atoms with van der Waals surface area (Å²) < 4.78 is 25.8. The minimum Gasteiger partial charge on any atom is -0.300 e. The fourth-order valence-electron chi connectivity index (χ4n) is 2.39. The number of hydrogen-bond acceptors (Lipinski definition) is 3. The van der Waals surface area contributed by atoms with Crippen LogP contribution in [-0.2, 0) is 10.0 Å². The van der Waals surface area contributed by atoms with Crippen molar-refractivity contribution >= 4 is 10.0 Å². The average molecular weight is 260 g/mol. The highest BCUT2D eigenvalue weighted by molar-refractivity contribution is 7.90. The zero-order chi connectivity index (χ0) is 12.7. The van der Waals surface area contributed by atoms with Gasteiger partial charge >= 0.3 is 0 Å². The standard InChI is InChI=1S/C12H24N2O2S/c1-12(2,3)10-13-6-8-14(9-7-13)17(15,16)11-4-5-11/h11H,4-10H2,1-3H3. The Hall–Kier alpha value is -0.130. The van der Waals surface area contributed by atoms with Gasteiger partial charge in [0, 0.05) is 32.7 Å². The molecule has 0 spiro atoms. The third-order valence-corrected chi connectivity index (χ3v) is 5.73. The summed E-state index contributed by atoms with van der Waals surface area (Å²) in [6.07, 6.45) is 1.73. The molecule has 4 nitrogen and oxygen atoms in total. The first-order chi connectivity index (χ1) is 7.79. The molecule has 2 rings (SSSR count). The Balaban J connectivity index is 1.86. The minimum atomic E-state index is -2.95. The van der Waals surface area contributed by atoms with Crippen molar-refractivity contribution in [1.29, 1.82) is 0 Å². The summed E-state index contributed by atoms with van der Waals surface area (Å²) in [4.78, 5) is 2.37. The first kappa shape index (κ1) is 13.3. The van der Waals surface area contributed by atoms with E-state index in [1.165, 1.54) is 0 Å². The van der Waals surface area contributed by atoms with E-state index in [0.29, 0.717) is 13.1 Å². The van der Waals surface area contributed by atoms with E-state index in [-0.39, 0.29) is 10.7 Å². The highest BCUT2D eigenvalue weighted by Gasteiger charge is 2.41. The van der Waals surface area contributed by atoms with Crippen LogP contribution in [0.25, 0.3) is 0 Å². The molecule has 100 valence electrons. The zero-order valence-electron chi connectivity index (χ0n) is 11.1. The number of hydrogen-bond donors (Lipinski definition) is 0. The molecule has 1 saturated heterocycles. The van der Waals surface area contributed by atoms with Crippen LogP contribution in [0.3, 0.4) is 0 Å². The highest BCUT2D eigenvalue weighted by Crippen LogP contribution is 2.31. The first-order valence-electron chi connectivity index (χ1n) is 6.50. The van der Waals surface area contributed by atoms with Crippen LogP contribution in [0.2, 0.25) is 0 Å². The van der Waals surface area contributed by atoms with Gasteiger partial charge in [0.15, 0.2) is 0 Å². The van der Waals surface area contributed by atoms with E-state index in [1.54, 1.807) is 4.31 Å². The van der Waals surface area contributed by atoms with Crippen LogP contribution in [0.15, 0.2) is 0 Å². The smallest absolute Gasteiger partial charge is 0.217 e. The molecule has 5 heteroatoms. The molecule has 0 bridgehead atoms. The SMILES string of the molecule is CC(C)(C)CN1CCN(S(=O)(=O)C2CC2)CC1. The first-order valence-corrected chi connectivity index (χ1v) is 8.01. The quantitative estimate of drug-likeness (QED) is 0.764. The molecule has 0 atom stereocenters. The van der Waals surface area contributed by atoms with E-state index >= 15 is 0 Å². The van der Waals surface area contributed by atoms with Gasteiger partial charge in [-0.05, 0) is 18.3 Å². The van der Waals surface area contributed by atoms with Gasteiger partial charge in [-0.15, -0.1) is 0 Å². The van der Waals surface area contributed by atoms with Crippen molar-refractivity contribution in [1.82, 2.24) is 9.21 Å². The van der Waals surface area contributed by atoms with Crippen LogP contribution in [0, 0.1) is 5.41 Å². The van der Waals surface area contributed by atoms with Crippen LogP contribution in [0.4, 0.5) is 0 Å². The average Bonchev–Trinajstić information content (AvgIpc) is 2.98. The molecule has 1 aliphatic carbocycles. The third kappa shape index (κ3) is 3.42. The molecule has 2 fully saturated rings. The monoisotopic (exact) mass is 260 g/mol. The van der Waals surface area contributed by atoms with E-state index in [9.17, 15) is 8.42 Å². The molecule has 0 radical (unpaired) electrons. The Morgan fingerprint density at radius 2 is 1.59 bits per heavy atom. The van der Waals surface area contributed by atoms with Gasteiger partial charge in [-0.25, -0.2) is 8.42 Å². The molecule has 0 aromatic rings. The highest BCUT2D eigenvalue weighted by atomic mass is 32.2. The Labute approximate surface area is 105 Å². The van der Waals surface area contributed by atoms with Gasteiger partial charge in [-0.2, -0.15) is 4.31 Å². The number of sulfonamides is 1. The van der Waals surface area contributed by atoms with Gasteiger partial charge in [-0.3, -0.25) is 0 Å². The van der Waals surface area contributed by atoms with E-state index in [0.717, 1.165) is 32.5 Å². The molecular weight excluding hydrogens is 236 g/mol. The second-order valence-corrected chi connectivity index (χ2v) is 8.69. The Morgan fingerprint density at radius 3 is 2.00 bits per heavy atom. The van der Waals surface area contributed by atoms with Crippen molar-refractivity contribution < 1.29 is 8.42 Å². The third-order valence-electron chi connectivity index (χ3n) is 3.33. The van der Waals surface area contributed by atoms with E-state index < -0.39 is 10.0 Å². The Kier molecular flexibility index (Phi) is 3.54. The number of rotatable bonds is 3. The van der Waals surface area contributed by atoms with Crippen LogP contribution < -0.4 is 0 Å². The largest absolute Gasteiger partial charge is 0.300 e. The lowest BCUT2D eigenvalue weighted by Crippen LogP contribution is -2.51. The molecule has 0 N–H and O–H groups in total. The Morgan fingerprint density at radius 1 is 1.06 bits per heavy atom. The summed E-state index contributed by atoms with van der Waals surface area (Å²) in [7, 11) is -2.95. The maximum atomic E-state index is 12.0. The molecule has 1 heterocycles. The summed E-state index contributed by atoms with van der Waals surface area (Å²) in [6.45, 7) is 10.8. The van der Waals surface area contributed by atoms with Crippen LogP contribution in [0.1, 0.15) is 33.6 Å². The van der Waals surface area contributed by atoms with Crippen molar-refractivity contribution in [3.8, 4) is 0 Å². The normalized spacial score (nSPS) is 25.1. The predicted octanol–water partition coefficient (Wildman–Crippen LogP) is 1.14. The lowest BCUT2D eigenvalue weighted by Gasteiger charge is -2.37. The second kappa shape index (κ2) is 4.52. The second-order valence-electron chi connectivity index (χ2n) is 6.48. The summed E-state index contributed by atoms with van der Waals surface area (Å²) in [5.74, 6) is 0. The van der Waals surface area contributed by atoms with E-state index in [4.69, 9.17) is 0 Å². The van der Waals surface area contributed by atoms with Crippen molar-refractivity contribution in [2.75, 3.05) is 32.7 Å². The van der Waals surface area contributed by atoms with Crippen LogP contribution in [0.5, 0.6) is 0 Å². The molecule has 17 heavy (non-hydrogen) atoms. The van der Waals surface area contributed by atoms with Crippen molar-refractivity contribution in [3.05, 3.63) is 0 Å². The fraction of sp³-hybridized carbons (Fsp3) is 1.00. The number of nitrogens with zero attached hydrogens (tertiary/aromatic N) is 2. The molecule has 0 aromatic carbocycles. The maximum Gasteiger partial charge on any atom is 0.217 e. The Bertz CT molecular complexity index is 360. The molecule has 0 unspecified atom stereocenters. The lowest BCUT2D eigenvalue weighted by molar-refractivity contribution is 0.141. The minimum absolute atomic E-state index is 0.0586. The molecule has 0 aromatic heterocycles. The van der Waals surface area contributed by atoms with Gasteiger partial charge in [-0.1, -0.05) is 20.8 Å². The molecule has 1 aliphatic heterocycles. The fourth-order valence-corrected chi connectivity index (χ4v) is 4.22. The summed E-state index contributed by atoms with van der Waals surface area (Å²) in [6, 6.07) is 0. The van der Waals surface area contributed by atoms with Gasteiger partial charge < -0.3 is 4.90 Å². The van der Waals surface area contributed by atoms with Gasteiger partial charge in [0.2, 0.25) is 10.0 Å². The molecular formula is C12H24N2O2S. The number of piperazine rings is 1. The van der Waals surface area contributed by atoms with Crippen molar-refractivity contribution in [2.45, 2.75) is 38.9 Å². The maximum absolute atomic E-state index is 12.0. The summed E-state index contributed by atoms with van der Waals surface area (Å²) in [5, 5.41) is -0.0586. The van der Waals surface area contributed by atoms with Gasteiger partial charge in [0.05, 0.1) is 5.25 Å². The molecule has 2 aliphatic rings. The predicted molar refractivity (Wildman–Crippen MR) is 69.4 cm³/mol. The summed E-state index contributed by atoms with van der Waals surface area (Å²) in [5.41, 5.74) is 0.289. The molecule has 0 amide bonds. The lowest BCUT2D eigenvalue weighted by atomic mass is 9.96. The van der Waals surface area contributed by atoms with Crippen molar-refractivity contribution in [3.63, 3.8) is 0 Å². The van der Waals surface area contributed by atoms with E-state index in [2.05, 4.69) is 25.7 Å². The summed E-state index contributed by atoms with van der Waals surface area (Å²) >= 11 is 0. The molecule has 1 saturated carbocycles. The van der Waals surface area contributed by atoms with E-state index in [1.807, 2.05) is 0 Å². The van der Waals surface area contributed by atoms with Crippen LogP contribution >= 0.6 is 0 Å². The van der Waals surface area contributed by atoms with Crippen LogP contribution in [-0.4, -0.2) is 55.6 Å². The van der Waals surface area contributed by atoms with Crippen molar-refractivity contribution in [2.24, 2.45) is 5.41 Å².